The lowest BCUT2D eigenvalue weighted by atomic mass is 10.2. The van der Waals surface area contributed by atoms with Crippen LogP contribution in [-0.2, 0) is 9.84 Å². The van der Waals surface area contributed by atoms with E-state index in [2.05, 4.69) is 0 Å². The van der Waals surface area contributed by atoms with Crippen LogP contribution >= 0.6 is 11.6 Å². The number of sulfone groups is 1. The highest BCUT2D eigenvalue weighted by molar-refractivity contribution is 7.91. The molecule has 0 aliphatic heterocycles. The maximum absolute atomic E-state index is 12.2. The molecule has 0 fully saturated rings. The molecule has 1 atom stereocenters. The molecule has 0 unspecified atom stereocenters. The molecule has 0 N–H and O–H groups in total. The van der Waals surface area contributed by atoms with Crippen molar-refractivity contribution in [1.82, 2.24) is 0 Å². The molecule has 0 amide bonds. The first kappa shape index (κ1) is 14.1. The number of hydrogen-bond donors (Lipinski definition) is 0. The molecular formula is C15H15ClO2S. The summed E-state index contributed by atoms with van der Waals surface area (Å²) in [5, 5.41) is -0.535. The van der Waals surface area contributed by atoms with Crippen LogP contribution < -0.4 is 0 Å². The quantitative estimate of drug-likeness (QED) is 0.805. The standard InChI is InChI=1S/C15H15ClO2S/c1-12-7-9-14(10-8-12)19(17,18)11-15(16)13-5-3-2-4-6-13/h2-10,15H,11H2,1H3/t15-/m1/s1. The first-order valence-corrected chi connectivity index (χ1v) is 8.06. The number of halogens is 1. The zero-order valence-corrected chi connectivity index (χ0v) is 12.2. The maximum Gasteiger partial charge on any atom is 0.180 e. The molecule has 0 radical (unpaired) electrons. The van der Waals surface area contributed by atoms with Crippen LogP contribution in [0.15, 0.2) is 59.5 Å². The Morgan fingerprint density at radius 1 is 1.00 bits per heavy atom. The molecule has 19 heavy (non-hydrogen) atoms. The summed E-state index contributed by atoms with van der Waals surface area (Å²) in [4.78, 5) is 0.319. The minimum Gasteiger partial charge on any atom is -0.224 e. The number of aryl methyl sites for hydroxylation is 1. The largest absolute Gasteiger partial charge is 0.224 e. The molecule has 0 saturated heterocycles. The Hall–Kier alpha value is -1.32. The molecule has 2 aromatic rings. The second-order valence-corrected chi connectivity index (χ2v) is 7.03. The molecule has 0 spiro atoms. The summed E-state index contributed by atoms with van der Waals surface area (Å²) in [7, 11) is -3.36. The Kier molecular flexibility index (Phi) is 4.27. The number of benzene rings is 2. The highest BCUT2D eigenvalue weighted by Crippen LogP contribution is 2.25. The smallest absolute Gasteiger partial charge is 0.180 e. The minimum absolute atomic E-state index is 0.0956. The van der Waals surface area contributed by atoms with E-state index < -0.39 is 15.2 Å². The summed E-state index contributed by atoms with van der Waals surface area (Å²) in [6.07, 6.45) is 0. The van der Waals surface area contributed by atoms with Crippen molar-refractivity contribution in [1.29, 1.82) is 0 Å². The molecule has 100 valence electrons. The van der Waals surface area contributed by atoms with Gasteiger partial charge in [-0.25, -0.2) is 8.42 Å². The van der Waals surface area contributed by atoms with Crippen LogP contribution in [0.3, 0.4) is 0 Å². The minimum atomic E-state index is -3.36. The van der Waals surface area contributed by atoms with E-state index in [1.54, 1.807) is 24.3 Å². The topological polar surface area (TPSA) is 34.1 Å². The van der Waals surface area contributed by atoms with Gasteiger partial charge in [0.2, 0.25) is 0 Å². The third-order valence-corrected chi connectivity index (χ3v) is 5.26. The normalized spacial score (nSPS) is 13.2. The fourth-order valence-corrected chi connectivity index (χ4v) is 3.76. The maximum atomic E-state index is 12.2. The van der Waals surface area contributed by atoms with Crippen molar-refractivity contribution in [2.24, 2.45) is 0 Å². The Labute approximate surface area is 119 Å². The summed E-state index contributed by atoms with van der Waals surface area (Å²) in [5.41, 5.74) is 1.85. The van der Waals surface area contributed by atoms with Gasteiger partial charge in [-0.1, -0.05) is 48.0 Å². The second-order valence-electron chi connectivity index (χ2n) is 4.47. The Morgan fingerprint density at radius 2 is 1.58 bits per heavy atom. The van der Waals surface area contributed by atoms with Crippen LogP contribution in [0.2, 0.25) is 0 Å². The van der Waals surface area contributed by atoms with Crippen LogP contribution in [0.5, 0.6) is 0 Å². The molecule has 0 heterocycles. The van der Waals surface area contributed by atoms with Crippen LogP contribution in [0.1, 0.15) is 16.5 Å². The molecule has 0 bridgehead atoms. The average molecular weight is 295 g/mol. The van der Waals surface area contributed by atoms with Crippen molar-refractivity contribution >= 4 is 21.4 Å². The van der Waals surface area contributed by atoms with Gasteiger partial charge in [0.15, 0.2) is 9.84 Å². The van der Waals surface area contributed by atoms with Gasteiger partial charge in [0.25, 0.3) is 0 Å². The van der Waals surface area contributed by atoms with E-state index in [0.29, 0.717) is 4.90 Å². The van der Waals surface area contributed by atoms with E-state index in [-0.39, 0.29) is 5.75 Å². The van der Waals surface area contributed by atoms with Gasteiger partial charge >= 0.3 is 0 Å². The molecule has 2 nitrogen and oxygen atoms in total. The van der Waals surface area contributed by atoms with Gasteiger partial charge in [-0.3, -0.25) is 0 Å². The van der Waals surface area contributed by atoms with Gasteiger partial charge in [-0.05, 0) is 24.6 Å². The van der Waals surface area contributed by atoms with Crippen molar-refractivity contribution in [3.05, 3.63) is 65.7 Å². The zero-order valence-electron chi connectivity index (χ0n) is 10.6. The Morgan fingerprint density at radius 3 is 2.16 bits per heavy atom. The van der Waals surface area contributed by atoms with Crippen LogP contribution in [0.25, 0.3) is 0 Å². The lowest BCUT2D eigenvalue weighted by molar-refractivity contribution is 0.594. The van der Waals surface area contributed by atoms with Gasteiger partial charge in [0, 0.05) is 0 Å². The van der Waals surface area contributed by atoms with Gasteiger partial charge in [-0.2, -0.15) is 0 Å². The lowest BCUT2D eigenvalue weighted by Crippen LogP contribution is -2.11. The molecule has 2 aromatic carbocycles. The molecule has 0 aliphatic carbocycles. The van der Waals surface area contributed by atoms with E-state index in [1.165, 1.54) is 0 Å². The summed E-state index contributed by atoms with van der Waals surface area (Å²) >= 11 is 6.19. The first-order chi connectivity index (χ1) is 8.99. The number of alkyl halides is 1. The van der Waals surface area contributed by atoms with E-state index in [4.69, 9.17) is 11.6 Å². The predicted molar refractivity (Wildman–Crippen MR) is 78.3 cm³/mol. The van der Waals surface area contributed by atoms with Gasteiger partial charge in [0.05, 0.1) is 16.0 Å². The summed E-state index contributed by atoms with van der Waals surface area (Å²) < 4.78 is 24.5. The first-order valence-electron chi connectivity index (χ1n) is 5.97. The van der Waals surface area contributed by atoms with Crippen LogP contribution in [0, 0.1) is 6.92 Å². The van der Waals surface area contributed by atoms with Crippen LogP contribution in [0.4, 0.5) is 0 Å². The highest BCUT2D eigenvalue weighted by atomic mass is 35.5. The third kappa shape index (κ3) is 3.58. The van der Waals surface area contributed by atoms with E-state index in [9.17, 15) is 8.42 Å². The third-order valence-electron chi connectivity index (χ3n) is 2.91. The lowest BCUT2D eigenvalue weighted by Gasteiger charge is -2.10. The number of rotatable bonds is 4. The summed E-state index contributed by atoms with van der Waals surface area (Å²) in [6, 6.07) is 16.1. The van der Waals surface area contributed by atoms with Crippen molar-refractivity contribution in [3.63, 3.8) is 0 Å². The van der Waals surface area contributed by atoms with Crippen molar-refractivity contribution in [3.8, 4) is 0 Å². The summed E-state index contributed by atoms with van der Waals surface area (Å²) in [6.45, 7) is 1.92. The molecule has 0 aliphatic rings. The van der Waals surface area contributed by atoms with Gasteiger partial charge in [0.1, 0.15) is 0 Å². The fraction of sp³-hybridized carbons (Fsp3) is 0.200. The van der Waals surface area contributed by atoms with E-state index in [0.717, 1.165) is 11.1 Å². The Balaban J connectivity index is 2.20. The molecule has 4 heteroatoms. The molecule has 0 saturated carbocycles. The monoisotopic (exact) mass is 294 g/mol. The zero-order chi connectivity index (χ0) is 13.9. The van der Waals surface area contributed by atoms with Crippen molar-refractivity contribution in [2.45, 2.75) is 17.2 Å². The molecular weight excluding hydrogens is 280 g/mol. The average Bonchev–Trinajstić information content (AvgIpc) is 2.40. The fourth-order valence-electron chi connectivity index (χ4n) is 1.79. The SMILES string of the molecule is Cc1ccc(S(=O)(=O)C[C@@H](Cl)c2ccccc2)cc1. The summed E-state index contributed by atoms with van der Waals surface area (Å²) in [5.74, 6) is -0.0956. The Bertz CT molecular complexity index is 634. The van der Waals surface area contributed by atoms with E-state index in [1.807, 2.05) is 37.3 Å². The molecule has 2 rings (SSSR count). The van der Waals surface area contributed by atoms with Gasteiger partial charge < -0.3 is 0 Å². The predicted octanol–water partition coefficient (Wildman–Crippen LogP) is 3.75. The number of hydrogen-bond acceptors (Lipinski definition) is 2. The van der Waals surface area contributed by atoms with E-state index >= 15 is 0 Å². The van der Waals surface area contributed by atoms with Crippen molar-refractivity contribution in [2.75, 3.05) is 5.75 Å². The second kappa shape index (κ2) is 5.76. The van der Waals surface area contributed by atoms with Crippen LogP contribution in [-0.4, -0.2) is 14.2 Å². The van der Waals surface area contributed by atoms with Crippen molar-refractivity contribution < 1.29 is 8.42 Å². The molecule has 0 aromatic heterocycles. The highest BCUT2D eigenvalue weighted by Gasteiger charge is 2.20. The van der Waals surface area contributed by atoms with Gasteiger partial charge in [-0.15, -0.1) is 11.6 Å².